The average molecular weight is 388 g/mol. The third-order valence-corrected chi connectivity index (χ3v) is 4.87. The highest BCUT2D eigenvalue weighted by atomic mass is 79.9. The lowest BCUT2D eigenvalue weighted by Gasteiger charge is -1.96. The van der Waals surface area contributed by atoms with E-state index in [9.17, 15) is 4.79 Å². The molecule has 3 aromatic heterocycles. The summed E-state index contributed by atoms with van der Waals surface area (Å²) in [7, 11) is 0. The van der Waals surface area contributed by atoms with Crippen molar-refractivity contribution in [2.75, 3.05) is 0 Å². The van der Waals surface area contributed by atoms with E-state index in [1.807, 2.05) is 43.3 Å². The minimum atomic E-state index is -0.137. The minimum absolute atomic E-state index is 0.137. The predicted octanol–water partition coefficient (Wildman–Crippen LogP) is 3.03. The summed E-state index contributed by atoms with van der Waals surface area (Å²) < 4.78 is 8.58. The molecule has 5 nitrogen and oxygen atoms in total. The number of halogens is 1. The van der Waals surface area contributed by atoms with Crippen LogP contribution in [0.4, 0.5) is 0 Å². The summed E-state index contributed by atoms with van der Waals surface area (Å²) >= 11 is 4.70. The Balaban J connectivity index is 1.91. The van der Waals surface area contributed by atoms with Gasteiger partial charge in [-0.1, -0.05) is 39.4 Å². The third kappa shape index (κ3) is 2.51. The van der Waals surface area contributed by atoms with Gasteiger partial charge >= 0.3 is 0 Å². The highest BCUT2D eigenvalue weighted by Gasteiger charge is 2.14. The first-order valence-electron chi connectivity index (χ1n) is 6.84. The molecular formula is C16H10BrN3O2S. The van der Waals surface area contributed by atoms with Crippen molar-refractivity contribution < 1.29 is 4.42 Å². The van der Waals surface area contributed by atoms with Gasteiger partial charge in [-0.05, 0) is 31.2 Å². The van der Waals surface area contributed by atoms with Crippen molar-refractivity contribution in [3.63, 3.8) is 0 Å². The molecule has 0 aliphatic rings. The number of hydrogen-bond donors (Lipinski definition) is 0. The molecule has 0 aliphatic carbocycles. The number of thiazole rings is 1. The zero-order chi connectivity index (χ0) is 16.0. The summed E-state index contributed by atoms with van der Waals surface area (Å²) in [4.78, 5) is 13.2. The first-order chi connectivity index (χ1) is 11.1. The first-order valence-corrected chi connectivity index (χ1v) is 8.45. The molecule has 0 saturated heterocycles. The maximum atomic E-state index is 12.7. The Hall–Kier alpha value is -2.25. The largest absolute Gasteiger partial charge is 0.462 e. The van der Waals surface area contributed by atoms with Crippen LogP contribution in [0.15, 0.2) is 50.1 Å². The lowest BCUT2D eigenvalue weighted by molar-refractivity contribution is 0.525. The van der Waals surface area contributed by atoms with Gasteiger partial charge in [-0.2, -0.15) is 0 Å². The fraction of sp³-hybridized carbons (Fsp3) is 0.0625. The van der Waals surface area contributed by atoms with Crippen LogP contribution in [-0.4, -0.2) is 14.6 Å². The number of fused-ring (bicyclic) bond motifs is 1. The van der Waals surface area contributed by atoms with Gasteiger partial charge in [0, 0.05) is 16.1 Å². The first kappa shape index (κ1) is 14.3. The lowest BCUT2D eigenvalue weighted by Crippen LogP contribution is -2.23. The topological polar surface area (TPSA) is 60.4 Å². The van der Waals surface area contributed by atoms with Crippen molar-refractivity contribution in [2.24, 2.45) is 0 Å². The van der Waals surface area contributed by atoms with Crippen LogP contribution in [0.3, 0.4) is 0 Å². The van der Waals surface area contributed by atoms with Gasteiger partial charge in [0.1, 0.15) is 16.1 Å². The van der Waals surface area contributed by atoms with Gasteiger partial charge in [0.25, 0.3) is 5.56 Å². The third-order valence-electron chi connectivity index (χ3n) is 3.39. The Kier molecular flexibility index (Phi) is 3.39. The fourth-order valence-corrected chi connectivity index (χ4v) is 3.47. The molecule has 4 aromatic rings. The Morgan fingerprint density at radius 2 is 1.96 bits per heavy atom. The Morgan fingerprint density at radius 3 is 2.65 bits per heavy atom. The summed E-state index contributed by atoms with van der Waals surface area (Å²) in [6, 6.07) is 11.3. The smallest absolute Gasteiger partial charge is 0.276 e. The molecule has 7 heteroatoms. The maximum Gasteiger partial charge on any atom is 0.276 e. The van der Waals surface area contributed by atoms with Crippen molar-refractivity contribution in [1.29, 1.82) is 0 Å². The number of aryl methyl sites for hydroxylation is 1. The number of benzene rings is 1. The second-order valence-corrected chi connectivity index (χ2v) is 6.94. The van der Waals surface area contributed by atoms with Crippen molar-refractivity contribution >= 4 is 38.3 Å². The highest BCUT2D eigenvalue weighted by molar-refractivity contribution is 9.10. The molecule has 0 unspecified atom stereocenters. The van der Waals surface area contributed by atoms with Crippen LogP contribution in [0.5, 0.6) is 0 Å². The summed E-state index contributed by atoms with van der Waals surface area (Å²) in [5.74, 6) is 2.01. The van der Waals surface area contributed by atoms with Crippen LogP contribution < -0.4 is 10.1 Å². The molecule has 0 fully saturated rings. The molecule has 0 saturated carbocycles. The summed E-state index contributed by atoms with van der Waals surface area (Å²) in [5, 5.41) is 8.25. The van der Waals surface area contributed by atoms with Gasteiger partial charge in [-0.25, -0.2) is 4.40 Å². The Labute approximate surface area is 143 Å². The van der Waals surface area contributed by atoms with E-state index in [-0.39, 0.29) is 5.56 Å². The fourth-order valence-electron chi connectivity index (χ4n) is 2.31. The van der Waals surface area contributed by atoms with Gasteiger partial charge in [0.15, 0.2) is 5.82 Å². The summed E-state index contributed by atoms with van der Waals surface area (Å²) in [6.07, 6.45) is 1.74. The van der Waals surface area contributed by atoms with Crippen LogP contribution in [-0.2, 0) is 0 Å². The van der Waals surface area contributed by atoms with Gasteiger partial charge in [0.05, 0.1) is 0 Å². The van der Waals surface area contributed by atoms with E-state index in [1.54, 1.807) is 6.08 Å². The monoisotopic (exact) mass is 387 g/mol. The maximum absolute atomic E-state index is 12.7. The molecule has 0 aliphatic heterocycles. The van der Waals surface area contributed by atoms with Crippen LogP contribution in [0, 0.1) is 6.92 Å². The summed E-state index contributed by atoms with van der Waals surface area (Å²) in [6.45, 7) is 1.87. The standard InChI is InChI=1S/C16H10BrN3O2S/c1-9-2-7-12(22-9)8-13-15(21)20-14(18-19-16(20)23-13)10-3-5-11(17)6-4-10/h2-8H,1H3. The molecule has 0 bridgehead atoms. The number of rotatable bonds is 2. The highest BCUT2D eigenvalue weighted by Crippen LogP contribution is 2.20. The molecule has 4 rings (SSSR count). The molecule has 114 valence electrons. The van der Waals surface area contributed by atoms with Crippen molar-refractivity contribution in [3.8, 4) is 11.4 Å². The molecule has 23 heavy (non-hydrogen) atoms. The SMILES string of the molecule is Cc1ccc(C=c2sc3nnc(-c4ccc(Br)cc4)n3c2=O)o1. The van der Waals surface area contributed by atoms with Gasteiger partial charge < -0.3 is 4.42 Å². The molecule has 0 atom stereocenters. The van der Waals surface area contributed by atoms with Crippen LogP contribution in [0.25, 0.3) is 22.4 Å². The van der Waals surface area contributed by atoms with E-state index in [0.29, 0.717) is 21.1 Å². The predicted molar refractivity (Wildman–Crippen MR) is 92.5 cm³/mol. The van der Waals surface area contributed by atoms with Gasteiger partial charge in [0.2, 0.25) is 4.96 Å². The van der Waals surface area contributed by atoms with Crippen LogP contribution >= 0.6 is 27.3 Å². The lowest BCUT2D eigenvalue weighted by atomic mass is 10.2. The normalized spacial score (nSPS) is 12.3. The number of furan rings is 1. The van der Waals surface area contributed by atoms with E-state index >= 15 is 0 Å². The van der Waals surface area contributed by atoms with Crippen molar-refractivity contribution in [2.45, 2.75) is 6.92 Å². The number of hydrogen-bond acceptors (Lipinski definition) is 5. The van der Waals surface area contributed by atoms with Crippen molar-refractivity contribution in [1.82, 2.24) is 14.6 Å². The molecule has 3 heterocycles. The Bertz CT molecular complexity index is 1110. The molecular weight excluding hydrogens is 378 g/mol. The molecule has 1 aromatic carbocycles. The second-order valence-electron chi connectivity index (χ2n) is 5.01. The van der Waals surface area contributed by atoms with Crippen LogP contribution in [0.1, 0.15) is 11.5 Å². The Morgan fingerprint density at radius 1 is 1.17 bits per heavy atom. The van der Waals surface area contributed by atoms with Gasteiger partial charge in [-0.3, -0.25) is 4.79 Å². The van der Waals surface area contributed by atoms with Crippen LogP contribution in [0.2, 0.25) is 0 Å². The van der Waals surface area contributed by atoms with E-state index in [0.717, 1.165) is 15.8 Å². The zero-order valence-electron chi connectivity index (χ0n) is 12.0. The molecule has 0 spiro atoms. The zero-order valence-corrected chi connectivity index (χ0v) is 14.4. The quantitative estimate of drug-likeness (QED) is 0.530. The molecule has 0 radical (unpaired) electrons. The van der Waals surface area contributed by atoms with Gasteiger partial charge in [-0.15, -0.1) is 10.2 Å². The van der Waals surface area contributed by atoms with E-state index in [2.05, 4.69) is 26.1 Å². The van der Waals surface area contributed by atoms with Crippen molar-refractivity contribution in [3.05, 3.63) is 67.3 Å². The average Bonchev–Trinajstić information content (AvgIpc) is 3.20. The van der Waals surface area contributed by atoms with E-state index in [4.69, 9.17) is 4.42 Å². The minimum Gasteiger partial charge on any atom is -0.462 e. The second kappa shape index (κ2) is 5.43. The molecule has 0 amide bonds. The van der Waals surface area contributed by atoms with E-state index in [1.165, 1.54) is 15.7 Å². The van der Waals surface area contributed by atoms with E-state index < -0.39 is 0 Å². The number of nitrogens with zero attached hydrogens (tertiary/aromatic N) is 3. The number of aromatic nitrogens is 3. The molecule has 0 N–H and O–H groups in total. The summed E-state index contributed by atoms with van der Waals surface area (Å²) in [5.41, 5.74) is 0.706.